The molecular formula is C19H27FN6O3S2. The molecular weight excluding hydrogens is 443 g/mol. The highest BCUT2D eigenvalue weighted by Gasteiger charge is 2.28. The fourth-order valence-corrected chi connectivity index (χ4v) is 4.88. The smallest absolute Gasteiger partial charge is 0.303 e. The van der Waals surface area contributed by atoms with Crippen molar-refractivity contribution in [3.8, 4) is 0 Å². The second kappa shape index (κ2) is 10.5. The zero-order valence-corrected chi connectivity index (χ0v) is 19.1. The highest BCUT2D eigenvalue weighted by molar-refractivity contribution is 7.98. The van der Waals surface area contributed by atoms with E-state index in [1.807, 2.05) is 13.8 Å². The fraction of sp³-hybridized carbons (Fsp3) is 0.526. The minimum Gasteiger partial charge on any atom is -0.394 e. The molecule has 0 aliphatic carbocycles. The summed E-state index contributed by atoms with van der Waals surface area (Å²) in [7, 11) is -3.73. The van der Waals surface area contributed by atoms with Crippen molar-refractivity contribution in [1.82, 2.24) is 19.3 Å². The van der Waals surface area contributed by atoms with E-state index in [-0.39, 0.29) is 30.4 Å². The minimum absolute atomic E-state index is 0.0905. The van der Waals surface area contributed by atoms with Gasteiger partial charge in [-0.3, -0.25) is 0 Å². The summed E-state index contributed by atoms with van der Waals surface area (Å²) in [6.45, 7) is 4.87. The van der Waals surface area contributed by atoms with Crippen LogP contribution >= 0.6 is 11.8 Å². The molecule has 31 heavy (non-hydrogen) atoms. The molecule has 1 aliphatic rings. The molecule has 0 bridgehead atoms. The maximum Gasteiger partial charge on any atom is 0.303 e. The Kier molecular flexibility index (Phi) is 8.03. The Morgan fingerprint density at radius 2 is 1.84 bits per heavy atom. The van der Waals surface area contributed by atoms with Crippen LogP contribution in [0.15, 0.2) is 29.4 Å². The molecule has 9 nitrogen and oxygen atoms in total. The maximum absolute atomic E-state index is 13.1. The van der Waals surface area contributed by atoms with Gasteiger partial charge in [0.05, 0.1) is 12.6 Å². The number of hydrogen-bond acceptors (Lipinski definition) is 8. The van der Waals surface area contributed by atoms with E-state index in [0.29, 0.717) is 36.3 Å². The molecule has 3 N–H and O–H groups in total. The Hall–Kier alpha value is -2.02. The van der Waals surface area contributed by atoms with Crippen molar-refractivity contribution < 1.29 is 17.9 Å². The number of rotatable bonds is 11. The van der Waals surface area contributed by atoms with Crippen molar-refractivity contribution in [1.29, 1.82) is 0 Å². The molecule has 2 heterocycles. The van der Waals surface area contributed by atoms with Gasteiger partial charge in [0.2, 0.25) is 11.9 Å². The number of anilines is 2. The summed E-state index contributed by atoms with van der Waals surface area (Å²) >= 11 is 1.27. The van der Waals surface area contributed by atoms with E-state index >= 15 is 0 Å². The Morgan fingerprint density at radius 1 is 1.16 bits per heavy atom. The van der Waals surface area contributed by atoms with Crippen LogP contribution in [0.3, 0.4) is 0 Å². The van der Waals surface area contributed by atoms with Crippen LogP contribution in [0.25, 0.3) is 0 Å². The van der Waals surface area contributed by atoms with Gasteiger partial charge >= 0.3 is 10.2 Å². The highest BCUT2D eigenvalue weighted by atomic mass is 32.2. The van der Waals surface area contributed by atoms with E-state index in [1.165, 1.54) is 28.2 Å². The van der Waals surface area contributed by atoms with E-state index in [1.54, 1.807) is 12.1 Å². The lowest BCUT2D eigenvalue weighted by atomic mass is 10.0. The normalized spacial score (nSPS) is 15.5. The van der Waals surface area contributed by atoms with Gasteiger partial charge in [0.25, 0.3) is 0 Å². The number of halogens is 1. The summed E-state index contributed by atoms with van der Waals surface area (Å²) in [4.78, 5) is 12.8. The molecule has 1 atom stereocenters. The predicted molar refractivity (Wildman–Crippen MR) is 118 cm³/mol. The highest BCUT2D eigenvalue weighted by Crippen LogP contribution is 2.23. The summed E-state index contributed by atoms with van der Waals surface area (Å²) in [6.07, 6.45) is 1.51. The molecule has 0 unspecified atom stereocenters. The van der Waals surface area contributed by atoms with Crippen molar-refractivity contribution in [2.24, 2.45) is 5.92 Å². The van der Waals surface area contributed by atoms with Crippen LogP contribution < -0.4 is 10.0 Å². The Balaban J connectivity index is 1.80. The number of aliphatic hydroxyl groups excluding tert-OH is 1. The number of nitrogens with one attached hydrogen (secondary N) is 2. The Labute approximate surface area is 186 Å². The van der Waals surface area contributed by atoms with Gasteiger partial charge in [0.15, 0.2) is 5.16 Å². The summed E-state index contributed by atoms with van der Waals surface area (Å²) in [5.41, 5.74) is 0.872. The van der Waals surface area contributed by atoms with Crippen LogP contribution in [-0.2, 0) is 16.0 Å². The van der Waals surface area contributed by atoms with Crippen LogP contribution in [0, 0.1) is 11.7 Å². The lowest BCUT2D eigenvalue weighted by Crippen LogP contribution is -2.45. The molecule has 0 radical (unpaired) electrons. The number of thioether (sulfide) groups is 1. The molecule has 1 fully saturated rings. The average Bonchev–Trinajstić information content (AvgIpc) is 2.64. The molecule has 1 aromatic carbocycles. The van der Waals surface area contributed by atoms with Crippen LogP contribution in [0.2, 0.25) is 0 Å². The first-order valence-electron chi connectivity index (χ1n) is 10.0. The second-order valence-electron chi connectivity index (χ2n) is 7.69. The monoisotopic (exact) mass is 470 g/mol. The zero-order valence-electron chi connectivity index (χ0n) is 17.5. The fourth-order valence-electron chi connectivity index (χ4n) is 2.90. The van der Waals surface area contributed by atoms with Crippen molar-refractivity contribution in [2.75, 3.05) is 29.7 Å². The molecule has 0 spiro atoms. The number of nitrogens with zero attached hydrogens (tertiary/aromatic N) is 4. The minimum atomic E-state index is -3.73. The standard InChI is InChI=1S/C19H27FN6O3S2/c1-13(2)10-16(11-27)21-17-22-18(25-31(28,29)26-8-3-9-26)24-19(23-17)30-12-14-4-6-15(20)7-5-14/h4-7,13,16,27H,3,8-12H2,1-2H3,(H2,21,22,23,24,25)/t16-/m1/s1. The molecule has 12 heteroatoms. The van der Waals surface area contributed by atoms with Crippen molar-refractivity contribution in [3.63, 3.8) is 0 Å². The number of aromatic nitrogens is 3. The van der Waals surface area contributed by atoms with Crippen molar-refractivity contribution >= 4 is 33.9 Å². The van der Waals surface area contributed by atoms with Gasteiger partial charge in [-0.2, -0.15) is 27.7 Å². The molecule has 1 aromatic heterocycles. The van der Waals surface area contributed by atoms with Crippen LogP contribution in [-0.4, -0.2) is 58.5 Å². The van der Waals surface area contributed by atoms with Crippen LogP contribution in [0.4, 0.5) is 16.3 Å². The van der Waals surface area contributed by atoms with E-state index < -0.39 is 10.2 Å². The summed E-state index contributed by atoms with van der Waals surface area (Å²) < 4.78 is 41.7. The number of hydrogen-bond donors (Lipinski definition) is 3. The maximum atomic E-state index is 13.1. The Bertz CT molecular complexity index is 971. The van der Waals surface area contributed by atoms with Crippen molar-refractivity contribution in [2.45, 2.75) is 43.6 Å². The van der Waals surface area contributed by atoms with Crippen molar-refractivity contribution in [3.05, 3.63) is 35.6 Å². The van der Waals surface area contributed by atoms with Gasteiger partial charge in [0, 0.05) is 18.8 Å². The average molecular weight is 471 g/mol. The van der Waals surface area contributed by atoms with Gasteiger partial charge < -0.3 is 10.4 Å². The second-order valence-corrected chi connectivity index (χ2v) is 10.3. The summed E-state index contributed by atoms with van der Waals surface area (Å²) in [6, 6.07) is 5.81. The number of aliphatic hydroxyl groups is 1. The first kappa shape index (κ1) is 23.6. The first-order chi connectivity index (χ1) is 14.7. The molecule has 1 saturated heterocycles. The quantitative estimate of drug-likeness (QED) is 0.429. The first-order valence-corrected chi connectivity index (χ1v) is 12.5. The summed E-state index contributed by atoms with van der Waals surface area (Å²) in [5, 5.41) is 13.0. The van der Waals surface area contributed by atoms with Crippen LogP contribution in [0.1, 0.15) is 32.3 Å². The third-order valence-electron chi connectivity index (χ3n) is 4.58. The lowest BCUT2D eigenvalue weighted by molar-refractivity contribution is 0.259. The van der Waals surface area contributed by atoms with E-state index in [4.69, 9.17) is 0 Å². The molecule has 0 saturated carbocycles. The largest absolute Gasteiger partial charge is 0.394 e. The van der Waals surface area contributed by atoms with E-state index in [2.05, 4.69) is 25.0 Å². The van der Waals surface area contributed by atoms with Crippen LogP contribution in [0.5, 0.6) is 0 Å². The number of benzene rings is 1. The summed E-state index contributed by atoms with van der Waals surface area (Å²) in [5.74, 6) is 0.577. The van der Waals surface area contributed by atoms with Gasteiger partial charge in [-0.1, -0.05) is 37.7 Å². The molecule has 3 rings (SSSR count). The molecule has 0 amide bonds. The molecule has 170 valence electrons. The van der Waals surface area contributed by atoms with Gasteiger partial charge in [-0.15, -0.1) is 0 Å². The lowest BCUT2D eigenvalue weighted by Gasteiger charge is -2.29. The molecule has 1 aliphatic heterocycles. The van der Waals surface area contributed by atoms with E-state index in [9.17, 15) is 17.9 Å². The Morgan fingerprint density at radius 3 is 2.42 bits per heavy atom. The SMILES string of the molecule is CC(C)C[C@H](CO)Nc1nc(NS(=O)(=O)N2CCC2)nc(SCc2ccc(F)cc2)n1. The van der Waals surface area contributed by atoms with Gasteiger partial charge in [-0.25, -0.2) is 9.11 Å². The third-order valence-corrected chi connectivity index (χ3v) is 6.98. The van der Waals surface area contributed by atoms with E-state index in [0.717, 1.165) is 12.0 Å². The van der Waals surface area contributed by atoms with Gasteiger partial charge in [0.1, 0.15) is 5.82 Å². The third kappa shape index (κ3) is 6.99. The molecule has 2 aromatic rings. The van der Waals surface area contributed by atoms with Gasteiger partial charge in [-0.05, 0) is 36.5 Å². The topological polar surface area (TPSA) is 120 Å². The zero-order chi connectivity index (χ0) is 22.4. The predicted octanol–water partition coefficient (Wildman–Crippen LogP) is 2.48.